The molecule has 0 aromatic heterocycles. The third-order valence-corrected chi connectivity index (χ3v) is 9.31. The van der Waals surface area contributed by atoms with Gasteiger partial charge in [-0.2, -0.15) is 13.2 Å². The lowest BCUT2D eigenvalue weighted by Gasteiger charge is -2.54. The van der Waals surface area contributed by atoms with E-state index in [1.807, 2.05) is 19.1 Å². The normalized spacial score (nSPS) is 27.3. The van der Waals surface area contributed by atoms with Crippen LogP contribution in [0.4, 0.5) is 13.2 Å². The van der Waals surface area contributed by atoms with E-state index in [9.17, 15) is 23.1 Å². The lowest BCUT2D eigenvalue weighted by atomic mass is 9.54. The molecule has 3 fully saturated rings. The third kappa shape index (κ3) is 5.85. The standard InChI is InChI=1S/C32H38F3NO2/c1-2-29(30(38)14-11-22-5-3-7-26(17-22)32(33,34)35)24-12-13-27-21-36(20-23-9-10-23)16-15-31(27,19-24)25-6-4-8-28(37)18-25/h3-8,11,14,17-18,23-24,27,29,37H,2,9-10,12-13,15-16,19-21H2,1H3/b14-11+/t24-,27-,29?,31+/m0/s1. The van der Waals surface area contributed by atoms with Gasteiger partial charge < -0.3 is 10.0 Å². The van der Waals surface area contributed by atoms with Crippen LogP contribution < -0.4 is 0 Å². The number of phenolic OH excluding ortho intramolecular Hbond substituents is 1. The van der Waals surface area contributed by atoms with Crippen LogP contribution in [-0.4, -0.2) is 35.4 Å². The van der Waals surface area contributed by atoms with Gasteiger partial charge in [0.15, 0.2) is 5.78 Å². The average molecular weight is 526 g/mol. The number of halogens is 3. The minimum absolute atomic E-state index is 0.00871. The number of carbonyl (C=O) groups is 1. The van der Waals surface area contributed by atoms with E-state index in [1.54, 1.807) is 12.1 Å². The summed E-state index contributed by atoms with van der Waals surface area (Å²) in [5.41, 5.74) is 0.782. The Morgan fingerprint density at radius 3 is 2.63 bits per heavy atom. The molecule has 1 saturated heterocycles. The first-order valence-corrected chi connectivity index (χ1v) is 14.1. The molecule has 1 unspecified atom stereocenters. The van der Waals surface area contributed by atoms with E-state index in [2.05, 4.69) is 11.0 Å². The lowest BCUT2D eigenvalue weighted by molar-refractivity contribution is -0.137. The highest BCUT2D eigenvalue weighted by Gasteiger charge is 2.50. The second kappa shape index (κ2) is 10.9. The molecule has 0 spiro atoms. The number of nitrogens with zero attached hydrogens (tertiary/aromatic N) is 1. The quantitative estimate of drug-likeness (QED) is 0.363. The average Bonchev–Trinajstić information content (AvgIpc) is 3.71. The summed E-state index contributed by atoms with van der Waals surface area (Å²) in [7, 11) is 0. The number of likely N-dealkylation sites (tertiary alicyclic amines) is 1. The van der Waals surface area contributed by atoms with Gasteiger partial charge in [-0.15, -0.1) is 0 Å². The summed E-state index contributed by atoms with van der Waals surface area (Å²) in [4.78, 5) is 16.0. The first-order chi connectivity index (χ1) is 18.2. The smallest absolute Gasteiger partial charge is 0.416 e. The fourth-order valence-electron chi connectivity index (χ4n) is 7.14. The fraction of sp³-hybridized carbons (Fsp3) is 0.531. The van der Waals surface area contributed by atoms with E-state index in [1.165, 1.54) is 43.2 Å². The summed E-state index contributed by atoms with van der Waals surface area (Å²) >= 11 is 0. The molecule has 0 amide bonds. The van der Waals surface area contributed by atoms with Crippen molar-refractivity contribution < 1.29 is 23.1 Å². The van der Waals surface area contributed by atoms with Gasteiger partial charge in [-0.3, -0.25) is 4.79 Å². The topological polar surface area (TPSA) is 40.5 Å². The molecule has 4 atom stereocenters. The Morgan fingerprint density at radius 2 is 1.92 bits per heavy atom. The van der Waals surface area contributed by atoms with Crippen LogP contribution >= 0.6 is 0 Å². The number of hydrogen-bond donors (Lipinski definition) is 1. The zero-order valence-corrected chi connectivity index (χ0v) is 22.1. The number of carbonyl (C=O) groups excluding carboxylic acids is 1. The first kappa shape index (κ1) is 27.0. The number of rotatable bonds is 8. The molecular formula is C32H38F3NO2. The molecule has 6 heteroatoms. The largest absolute Gasteiger partial charge is 0.508 e. The number of fused-ring (bicyclic) bond motifs is 1. The minimum atomic E-state index is -4.41. The number of allylic oxidation sites excluding steroid dienone is 1. The molecule has 38 heavy (non-hydrogen) atoms. The molecule has 2 saturated carbocycles. The first-order valence-electron chi connectivity index (χ1n) is 14.1. The van der Waals surface area contributed by atoms with Crippen molar-refractivity contribution in [2.45, 2.75) is 63.5 Å². The summed E-state index contributed by atoms with van der Waals surface area (Å²) in [6.07, 6.45) is 5.92. The molecule has 204 valence electrons. The maximum atomic E-state index is 13.4. The molecule has 3 aliphatic rings. The number of alkyl halides is 3. The van der Waals surface area contributed by atoms with Crippen LogP contribution in [0.3, 0.4) is 0 Å². The molecule has 0 bridgehead atoms. The van der Waals surface area contributed by atoms with E-state index in [-0.39, 0.29) is 28.8 Å². The molecule has 3 nitrogen and oxygen atoms in total. The van der Waals surface area contributed by atoms with Crippen LogP contribution in [0.5, 0.6) is 5.75 Å². The number of phenols is 1. The highest BCUT2D eigenvalue weighted by Crippen LogP contribution is 2.53. The van der Waals surface area contributed by atoms with Crippen molar-refractivity contribution in [2.24, 2.45) is 23.7 Å². The Bertz CT molecular complexity index is 1170. The van der Waals surface area contributed by atoms with Crippen LogP contribution in [0.1, 0.15) is 68.6 Å². The van der Waals surface area contributed by atoms with E-state index < -0.39 is 11.7 Å². The fourth-order valence-corrected chi connectivity index (χ4v) is 7.14. The Balaban J connectivity index is 1.35. The van der Waals surface area contributed by atoms with Gasteiger partial charge in [0.1, 0.15) is 5.75 Å². The molecule has 0 radical (unpaired) electrons. The van der Waals surface area contributed by atoms with Crippen molar-refractivity contribution in [3.05, 3.63) is 71.3 Å². The summed E-state index contributed by atoms with van der Waals surface area (Å²) in [5.74, 6) is 1.64. The Morgan fingerprint density at radius 1 is 1.13 bits per heavy atom. The molecular weight excluding hydrogens is 487 g/mol. The predicted molar refractivity (Wildman–Crippen MR) is 144 cm³/mol. The SMILES string of the molecule is CCC(C(=O)/C=C/c1cccc(C(F)(F)F)c1)[C@H]1CC[C@H]2CN(CC3CC3)CC[C@]2(c2cccc(O)c2)C1. The summed E-state index contributed by atoms with van der Waals surface area (Å²) < 4.78 is 39.3. The van der Waals surface area contributed by atoms with E-state index in [0.717, 1.165) is 56.8 Å². The molecule has 1 N–H and O–H groups in total. The second-order valence-corrected chi connectivity index (χ2v) is 11.8. The van der Waals surface area contributed by atoms with Crippen LogP contribution in [-0.2, 0) is 16.4 Å². The van der Waals surface area contributed by atoms with Gasteiger partial charge in [0.2, 0.25) is 0 Å². The third-order valence-electron chi connectivity index (χ3n) is 9.31. The highest BCUT2D eigenvalue weighted by atomic mass is 19.4. The number of benzene rings is 2. The summed E-state index contributed by atoms with van der Waals surface area (Å²) in [6, 6.07) is 12.8. The van der Waals surface area contributed by atoms with Crippen molar-refractivity contribution >= 4 is 11.9 Å². The Hall–Kier alpha value is -2.60. The monoisotopic (exact) mass is 525 g/mol. The van der Waals surface area contributed by atoms with Crippen molar-refractivity contribution in [3.8, 4) is 5.75 Å². The molecule has 2 aromatic carbocycles. The van der Waals surface area contributed by atoms with Crippen molar-refractivity contribution in [3.63, 3.8) is 0 Å². The van der Waals surface area contributed by atoms with Crippen LogP contribution in [0, 0.1) is 23.7 Å². The number of ketones is 1. The molecule has 2 aromatic rings. The maximum Gasteiger partial charge on any atom is 0.416 e. The van der Waals surface area contributed by atoms with Crippen molar-refractivity contribution in [1.29, 1.82) is 0 Å². The zero-order valence-electron chi connectivity index (χ0n) is 22.1. The lowest BCUT2D eigenvalue weighted by Crippen LogP contribution is -2.54. The maximum absolute atomic E-state index is 13.4. The molecule has 1 heterocycles. The predicted octanol–water partition coefficient (Wildman–Crippen LogP) is 7.49. The van der Waals surface area contributed by atoms with E-state index >= 15 is 0 Å². The zero-order chi connectivity index (χ0) is 26.9. The van der Waals surface area contributed by atoms with Gasteiger partial charge in [-0.1, -0.05) is 37.3 Å². The number of piperidine rings is 1. The molecule has 5 rings (SSSR count). The molecule has 2 aliphatic carbocycles. The second-order valence-electron chi connectivity index (χ2n) is 11.8. The van der Waals surface area contributed by atoms with Gasteiger partial charge >= 0.3 is 6.18 Å². The van der Waals surface area contributed by atoms with Gasteiger partial charge in [0, 0.05) is 24.4 Å². The highest BCUT2D eigenvalue weighted by molar-refractivity contribution is 5.95. The van der Waals surface area contributed by atoms with Gasteiger partial charge in [-0.05, 0) is 111 Å². The van der Waals surface area contributed by atoms with Gasteiger partial charge in [0.05, 0.1) is 5.56 Å². The van der Waals surface area contributed by atoms with Crippen molar-refractivity contribution in [2.75, 3.05) is 19.6 Å². The minimum Gasteiger partial charge on any atom is -0.508 e. The Labute approximate surface area is 223 Å². The number of aromatic hydroxyl groups is 1. The van der Waals surface area contributed by atoms with Crippen LogP contribution in [0.15, 0.2) is 54.6 Å². The van der Waals surface area contributed by atoms with Gasteiger partial charge in [-0.25, -0.2) is 0 Å². The molecule has 1 aliphatic heterocycles. The summed E-state index contributed by atoms with van der Waals surface area (Å²) in [5, 5.41) is 10.3. The van der Waals surface area contributed by atoms with Gasteiger partial charge in [0.25, 0.3) is 0 Å². The van der Waals surface area contributed by atoms with E-state index in [4.69, 9.17) is 0 Å². The van der Waals surface area contributed by atoms with Crippen molar-refractivity contribution in [1.82, 2.24) is 4.90 Å². The van der Waals surface area contributed by atoms with Crippen LogP contribution in [0.25, 0.3) is 6.08 Å². The number of hydrogen-bond acceptors (Lipinski definition) is 3. The summed E-state index contributed by atoms with van der Waals surface area (Å²) in [6.45, 7) is 5.33. The van der Waals surface area contributed by atoms with Crippen LogP contribution in [0.2, 0.25) is 0 Å². The van der Waals surface area contributed by atoms with E-state index in [0.29, 0.717) is 17.9 Å². The Kier molecular flexibility index (Phi) is 7.72.